The number of hydrogen-bond acceptors (Lipinski definition) is 4. The van der Waals surface area contributed by atoms with Gasteiger partial charge in [0.15, 0.2) is 5.82 Å². The molecule has 0 saturated heterocycles. The van der Waals surface area contributed by atoms with E-state index in [2.05, 4.69) is 33.4 Å². The maximum Gasteiger partial charge on any atom is 0.164 e. The van der Waals surface area contributed by atoms with E-state index in [4.69, 9.17) is 0 Å². The van der Waals surface area contributed by atoms with Crippen LogP contribution in [0.5, 0.6) is 0 Å². The van der Waals surface area contributed by atoms with E-state index in [-0.39, 0.29) is 11.4 Å². The molecule has 6 heteroatoms. The summed E-state index contributed by atoms with van der Waals surface area (Å²) in [7, 11) is 0. The Kier molecular flexibility index (Phi) is 4.50. The summed E-state index contributed by atoms with van der Waals surface area (Å²) in [6.45, 7) is 6.21. The second kappa shape index (κ2) is 6.51. The predicted octanol–water partition coefficient (Wildman–Crippen LogP) is 3.97. The highest BCUT2D eigenvalue weighted by atomic mass is 19.1. The number of halogens is 2. The molecule has 0 aliphatic carbocycles. The lowest BCUT2D eigenvalue weighted by Gasteiger charge is -2.07. The molecule has 0 bridgehead atoms. The van der Waals surface area contributed by atoms with Gasteiger partial charge in [-0.25, -0.2) is 18.7 Å². The van der Waals surface area contributed by atoms with Gasteiger partial charge in [0.1, 0.15) is 17.5 Å². The molecule has 1 N–H and O–H groups in total. The summed E-state index contributed by atoms with van der Waals surface area (Å²) in [6, 6.07) is 5.10. The van der Waals surface area contributed by atoms with Gasteiger partial charge in [0.25, 0.3) is 0 Å². The van der Waals surface area contributed by atoms with Crippen molar-refractivity contribution in [2.45, 2.75) is 0 Å². The van der Waals surface area contributed by atoms with Gasteiger partial charge in [0.05, 0.1) is 5.57 Å². The van der Waals surface area contributed by atoms with Gasteiger partial charge in [-0.2, -0.15) is 0 Å². The van der Waals surface area contributed by atoms with Crippen molar-refractivity contribution in [2.75, 3.05) is 5.32 Å². The zero-order chi connectivity index (χ0) is 15.2. The number of nitrogens with zero attached hydrogens (tertiary/aromatic N) is 3. The van der Waals surface area contributed by atoms with Gasteiger partial charge in [-0.3, -0.25) is 4.98 Å². The summed E-state index contributed by atoms with van der Waals surface area (Å²) in [4.78, 5) is 11.9. The van der Waals surface area contributed by atoms with Gasteiger partial charge in [-0.1, -0.05) is 13.2 Å². The van der Waals surface area contributed by atoms with Crippen molar-refractivity contribution in [3.05, 3.63) is 73.5 Å². The SMILES string of the molecule is C=C(F)/C=C(\C(=C)F)c1nccc(Nc2ccncc2)n1. The summed E-state index contributed by atoms with van der Waals surface area (Å²) in [6.07, 6.45) is 5.57. The molecule has 0 aliphatic heterocycles. The number of aromatic nitrogens is 3. The fraction of sp³-hybridized carbons (Fsp3) is 0. The molecule has 0 unspecified atom stereocenters. The number of anilines is 2. The molecule has 0 aromatic carbocycles. The van der Waals surface area contributed by atoms with Crippen LogP contribution < -0.4 is 5.32 Å². The Balaban J connectivity index is 2.32. The molecule has 2 aromatic heterocycles. The molecule has 0 atom stereocenters. The van der Waals surface area contributed by atoms with Gasteiger partial charge in [0.2, 0.25) is 0 Å². The minimum absolute atomic E-state index is 0.0142. The number of pyridine rings is 1. The molecule has 2 rings (SSSR count). The Morgan fingerprint density at radius 3 is 2.43 bits per heavy atom. The fourth-order valence-corrected chi connectivity index (χ4v) is 1.56. The highest BCUT2D eigenvalue weighted by molar-refractivity contribution is 5.74. The van der Waals surface area contributed by atoms with Crippen LogP contribution in [0.15, 0.2) is 67.7 Å². The fourth-order valence-electron chi connectivity index (χ4n) is 1.56. The van der Waals surface area contributed by atoms with Crippen LogP contribution in [0.25, 0.3) is 5.57 Å². The third-order valence-corrected chi connectivity index (χ3v) is 2.44. The minimum Gasteiger partial charge on any atom is -0.340 e. The standard InChI is InChI=1S/C15H12F2N4/c1-10(16)9-13(11(2)17)15-19-8-5-14(21-15)20-12-3-6-18-7-4-12/h3-9H,1-2H2,(H,18,19,20,21)/b13-9+. The second-order valence-corrected chi connectivity index (χ2v) is 4.04. The summed E-state index contributed by atoms with van der Waals surface area (Å²) in [5, 5.41) is 3.00. The quantitative estimate of drug-likeness (QED) is 0.845. The second-order valence-electron chi connectivity index (χ2n) is 4.04. The topological polar surface area (TPSA) is 50.7 Å². The molecule has 2 heterocycles. The lowest BCUT2D eigenvalue weighted by atomic mass is 10.2. The van der Waals surface area contributed by atoms with E-state index in [1.165, 1.54) is 6.20 Å². The predicted molar refractivity (Wildman–Crippen MR) is 78.0 cm³/mol. The van der Waals surface area contributed by atoms with E-state index in [9.17, 15) is 8.78 Å². The summed E-state index contributed by atoms with van der Waals surface area (Å²) >= 11 is 0. The Hall–Kier alpha value is -2.89. The number of hydrogen-bond donors (Lipinski definition) is 1. The van der Waals surface area contributed by atoms with E-state index in [1.54, 1.807) is 30.6 Å². The van der Waals surface area contributed by atoms with Crippen LogP contribution in [0.3, 0.4) is 0 Å². The van der Waals surface area contributed by atoms with E-state index in [0.29, 0.717) is 5.82 Å². The lowest BCUT2D eigenvalue weighted by Crippen LogP contribution is -2.00. The third kappa shape index (κ3) is 4.04. The number of nitrogens with one attached hydrogen (secondary N) is 1. The molecule has 0 fully saturated rings. The van der Waals surface area contributed by atoms with Gasteiger partial charge >= 0.3 is 0 Å². The highest BCUT2D eigenvalue weighted by Gasteiger charge is 2.10. The summed E-state index contributed by atoms with van der Waals surface area (Å²) in [5.41, 5.74) is 0.607. The molecular formula is C15H12F2N4. The first kappa shape index (κ1) is 14.5. The first-order valence-electron chi connectivity index (χ1n) is 5.97. The van der Waals surface area contributed by atoms with Crippen molar-refractivity contribution in [1.82, 2.24) is 15.0 Å². The van der Waals surface area contributed by atoms with Crippen molar-refractivity contribution in [3.8, 4) is 0 Å². The first-order valence-corrected chi connectivity index (χ1v) is 5.97. The highest BCUT2D eigenvalue weighted by Crippen LogP contribution is 2.23. The normalized spacial score (nSPS) is 11.0. The third-order valence-electron chi connectivity index (χ3n) is 2.44. The Morgan fingerprint density at radius 2 is 1.81 bits per heavy atom. The van der Waals surface area contributed by atoms with Crippen molar-refractivity contribution in [3.63, 3.8) is 0 Å². The van der Waals surface area contributed by atoms with Crippen LogP contribution in [0.1, 0.15) is 5.82 Å². The molecule has 2 aromatic rings. The van der Waals surface area contributed by atoms with Gasteiger partial charge in [0, 0.05) is 24.3 Å². The van der Waals surface area contributed by atoms with Crippen LogP contribution in [0.2, 0.25) is 0 Å². The van der Waals surface area contributed by atoms with Crippen molar-refractivity contribution in [1.29, 1.82) is 0 Å². The monoisotopic (exact) mass is 286 g/mol. The van der Waals surface area contributed by atoms with Crippen molar-refractivity contribution in [2.24, 2.45) is 0 Å². The smallest absolute Gasteiger partial charge is 0.164 e. The first-order chi connectivity index (χ1) is 10.1. The average molecular weight is 286 g/mol. The van der Waals surface area contributed by atoms with Crippen LogP contribution in [0.4, 0.5) is 20.3 Å². The van der Waals surface area contributed by atoms with E-state index >= 15 is 0 Å². The number of allylic oxidation sites excluding steroid dienone is 4. The molecular weight excluding hydrogens is 274 g/mol. The van der Waals surface area contributed by atoms with Crippen LogP contribution in [-0.4, -0.2) is 15.0 Å². The molecule has 4 nitrogen and oxygen atoms in total. The molecule has 0 aliphatic rings. The van der Waals surface area contributed by atoms with Crippen LogP contribution >= 0.6 is 0 Å². The Morgan fingerprint density at radius 1 is 1.10 bits per heavy atom. The van der Waals surface area contributed by atoms with Crippen LogP contribution in [-0.2, 0) is 0 Å². The van der Waals surface area contributed by atoms with Gasteiger partial charge < -0.3 is 5.32 Å². The number of rotatable bonds is 5. The largest absolute Gasteiger partial charge is 0.340 e. The lowest BCUT2D eigenvalue weighted by molar-refractivity contribution is 0.660. The van der Waals surface area contributed by atoms with E-state index in [1.807, 2.05) is 0 Å². The van der Waals surface area contributed by atoms with Crippen molar-refractivity contribution >= 4 is 17.1 Å². The minimum atomic E-state index is -0.838. The van der Waals surface area contributed by atoms with Gasteiger partial charge in [-0.05, 0) is 24.3 Å². The molecule has 0 saturated carbocycles. The molecule has 21 heavy (non-hydrogen) atoms. The summed E-state index contributed by atoms with van der Waals surface area (Å²) in [5.74, 6) is -1.20. The van der Waals surface area contributed by atoms with Gasteiger partial charge in [-0.15, -0.1) is 0 Å². The Labute approximate surface area is 120 Å². The molecule has 106 valence electrons. The van der Waals surface area contributed by atoms with E-state index < -0.39 is 11.7 Å². The average Bonchev–Trinajstić information content (AvgIpc) is 2.45. The summed E-state index contributed by atoms with van der Waals surface area (Å²) < 4.78 is 26.3. The zero-order valence-corrected chi connectivity index (χ0v) is 11.1. The molecule has 0 amide bonds. The molecule has 0 spiro atoms. The maximum absolute atomic E-state index is 13.4. The zero-order valence-electron chi connectivity index (χ0n) is 11.1. The van der Waals surface area contributed by atoms with E-state index in [0.717, 1.165) is 11.8 Å². The molecule has 0 radical (unpaired) electrons. The van der Waals surface area contributed by atoms with Crippen molar-refractivity contribution < 1.29 is 8.78 Å². The maximum atomic E-state index is 13.4. The Bertz CT molecular complexity index is 696. The van der Waals surface area contributed by atoms with Crippen LogP contribution in [0, 0.1) is 0 Å².